The molecular formula is C56H54N4. The molecule has 0 fully saturated rings. The highest BCUT2D eigenvalue weighted by molar-refractivity contribution is 6.02. The quantitative estimate of drug-likeness (QED) is 0.187. The molecule has 0 atom stereocenters. The number of rotatable bonds is 4. The summed E-state index contributed by atoms with van der Waals surface area (Å²) in [7, 11) is 0. The van der Waals surface area contributed by atoms with E-state index in [1.807, 2.05) is 0 Å². The molecule has 8 bridgehead atoms. The van der Waals surface area contributed by atoms with Gasteiger partial charge in [0.2, 0.25) is 0 Å². The lowest BCUT2D eigenvalue weighted by Crippen LogP contribution is -1.97. The number of hydrogen-bond donors (Lipinski definition) is 2. The Bertz CT molecular complexity index is 2960. The molecule has 2 aliphatic rings. The van der Waals surface area contributed by atoms with Crippen LogP contribution in [0.1, 0.15) is 89.5 Å². The van der Waals surface area contributed by atoms with Crippen LogP contribution in [0, 0.1) is 83.1 Å². The number of H-pyrrole nitrogens is 2. The molecule has 5 heterocycles. The van der Waals surface area contributed by atoms with Crippen LogP contribution in [0.3, 0.4) is 0 Å². The van der Waals surface area contributed by atoms with Crippen LogP contribution in [0.25, 0.3) is 90.9 Å². The number of fused-ring (bicyclic) bond motifs is 8. The van der Waals surface area contributed by atoms with Crippen molar-refractivity contribution < 1.29 is 0 Å². The molecule has 0 saturated carbocycles. The average molecular weight is 783 g/mol. The first-order valence-corrected chi connectivity index (χ1v) is 21.2. The van der Waals surface area contributed by atoms with Crippen molar-refractivity contribution in [2.45, 2.75) is 83.1 Å². The van der Waals surface area contributed by atoms with Gasteiger partial charge in [-0.15, -0.1) is 0 Å². The molecule has 0 amide bonds. The number of nitrogens with zero attached hydrogens (tertiary/aromatic N) is 2. The highest BCUT2D eigenvalue weighted by Gasteiger charge is 2.24. The van der Waals surface area contributed by atoms with Gasteiger partial charge >= 0.3 is 0 Å². The van der Waals surface area contributed by atoms with Crippen molar-refractivity contribution in [1.82, 2.24) is 19.9 Å². The Morgan fingerprint density at radius 1 is 0.267 bits per heavy atom. The van der Waals surface area contributed by atoms with E-state index in [1.165, 1.54) is 89.0 Å². The highest BCUT2D eigenvalue weighted by Crippen LogP contribution is 2.43. The van der Waals surface area contributed by atoms with Gasteiger partial charge < -0.3 is 9.97 Å². The van der Waals surface area contributed by atoms with Crippen LogP contribution in [0.5, 0.6) is 0 Å². The van der Waals surface area contributed by atoms with Gasteiger partial charge in [0.15, 0.2) is 0 Å². The van der Waals surface area contributed by atoms with Gasteiger partial charge in [0.25, 0.3) is 0 Å². The second-order valence-corrected chi connectivity index (χ2v) is 17.6. The fraction of sp³-hybridized carbons (Fsp3) is 0.214. The molecular weight excluding hydrogens is 729 g/mol. The Balaban J connectivity index is 1.54. The van der Waals surface area contributed by atoms with Crippen LogP contribution >= 0.6 is 0 Å². The lowest BCUT2D eigenvalue weighted by Gasteiger charge is -2.15. The summed E-state index contributed by atoms with van der Waals surface area (Å²) in [5, 5.41) is 0. The monoisotopic (exact) mass is 782 g/mol. The number of hydrogen-bond acceptors (Lipinski definition) is 2. The van der Waals surface area contributed by atoms with Gasteiger partial charge in [-0.3, -0.25) is 0 Å². The zero-order chi connectivity index (χ0) is 42.3. The van der Waals surface area contributed by atoms with Gasteiger partial charge in [-0.25, -0.2) is 9.97 Å². The molecule has 9 rings (SSSR count). The van der Waals surface area contributed by atoms with E-state index in [9.17, 15) is 0 Å². The van der Waals surface area contributed by atoms with E-state index < -0.39 is 0 Å². The smallest absolute Gasteiger partial charge is 0.0738 e. The van der Waals surface area contributed by atoms with E-state index in [1.54, 1.807) is 0 Å². The second-order valence-electron chi connectivity index (χ2n) is 17.6. The van der Waals surface area contributed by atoms with Crippen molar-refractivity contribution in [3.8, 4) is 44.5 Å². The third kappa shape index (κ3) is 6.55. The molecule has 2 N–H and O–H groups in total. The molecule has 60 heavy (non-hydrogen) atoms. The molecule has 7 aromatic rings. The second kappa shape index (κ2) is 14.6. The van der Waals surface area contributed by atoms with E-state index in [2.05, 4.69) is 190 Å². The minimum Gasteiger partial charge on any atom is -0.354 e. The van der Waals surface area contributed by atoms with Crippen LogP contribution in [0.15, 0.2) is 72.8 Å². The average Bonchev–Trinajstić information content (AvgIpc) is 3.99. The standard InChI is InChI=1S/C56H54N4/c1-29-21-33(5)49(34(6)22-29)53-41-13-15-43(57-41)54(50-35(7)23-30(2)24-36(50)8)45-17-19-47(59-45)56(52-39(11)27-32(4)28-40(52)12)48-20-18-46(60-48)55(44-16-14-42(53)58-44)51-37(9)25-31(3)26-38(51)10/h13-28,57-58H,1-12H3. The molecule has 0 aliphatic carbocycles. The summed E-state index contributed by atoms with van der Waals surface area (Å²) >= 11 is 0. The summed E-state index contributed by atoms with van der Waals surface area (Å²) in [6, 6.07) is 27.3. The van der Waals surface area contributed by atoms with Crippen molar-refractivity contribution in [2.24, 2.45) is 0 Å². The summed E-state index contributed by atoms with van der Waals surface area (Å²) in [4.78, 5) is 19.2. The van der Waals surface area contributed by atoms with Gasteiger partial charge in [0, 0.05) is 44.3 Å². The Morgan fingerprint density at radius 3 is 0.767 bits per heavy atom. The van der Waals surface area contributed by atoms with Crippen LogP contribution in [-0.4, -0.2) is 19.9 Å². The van der Waals surface area contributed by atoms with Crippen molar-refractivity contribution in [3.05, 3.63) is 162 Å². The first kappa shape index (κ1) is 39.0. The Kier molecular flexibility index (Phi) is 9.51. The molecule has 0 saturated heterocycles. The lowest BCUT2D eigenvalue weighted by atomic mass is 9.92. The zero-order valence-electron chi connectivity index (χ0n) is 37.1. The maximum Gasteiger partial charge on any atom is 0.0738 e. The van der Waals surface area contributed by atoms with Crippen molar-refractivity contribution in [3.63, 3.8) is 0 Å². The predicted molar refractivity (Wildman–Crippen MR) is 257 cm³/mol. The predicted octanol–water partition coefficient (Wildman–Crippen LogP) is 15.0. The van der Waals surface area contributed by atoms with Crippen molar-refractivity contribution in [1.29, 1.82) is 0 Å². The maximum atomic E-state index is 5.62. The first-order valence-electron chi connectivity index (χ1n) is 21.2. The van der Waals surface area contributed by atoms with Crippen LogP contribution < -0.4 is 0 Å². The first-order chi connectivity index (χ1) is 28.7. The minimum absolute atomic E-state index is 0.910. The Hall–Kier alpha value is -6.52. The van der Waals surface area contributed by atoms with Gasteiger partial charge in [-0.05, 0) is 198 Å². The van der Waals surface area contributed by atoms with Crippen LogP contribution in [0.2, 0.25) is 0 Å². The van der Waals surface area contributed by atoms with Crippen LogP contribution in [0.4, 0.5) is 0 Å². The Morgan fingerprint density at radius 2 is 0.483 bits per heavy atom. The number of aromatic amines is 2. The zero-order valence-corrected chi connectivity index (χ0v) is 37.1. The summed E-state index contributed by atoms with van der Waals surface area (Å²) in [5.74, 6) is 0. The molecule has 3 aromatic heterocycles. The topological polar surface area (TPSA) is 57.4 Å². The molecule has 4 aromatic carbocycles. The van der Waals surface area contributed by atoms with Gasteiger partial charge in [0.1, 0.15) is 0 Å². The van der Waals surface area contributed by atoms with E-state index in [0.717, 1.165) is 67.1 Å². The molecule has 298 valence electrons. The fourth-order valence-electron chi connectivity index (χ4n) is 10.6. The van der Waals surface area contributed by atoms with Crippen molar-refractivity contribution >= 4 is 46.4 Å². The summed E-state index contributed by atoms with van der Waals surface area (Å²) in [6.07, 6.45) is 8.81. The highest BCUT2D eigenvalue weighted by atomic mass is 14.8. The number of aromatic nitrogens is 4. The third-order valence-electron chi connectivity index (χ3n) is 12.5. The minimum atomic E-state index is 0.910. The van der Waals surface area contributed by atoms with Crippen molar-refractivity contribution in [2.75, 3.05) is 0 Å². The lowest BCUT2D eigenvalue weighted by molar-refractivity contribution is 1.24. The fourth-order valence-corrected chi connectivity index (χ4v) is 10.6. The molecule has 0 radical (unpaired) electrons. The van der Waals surface area contributed by atoms with Gasteiger partial charge in [0.05, 0.1) is 22.8 Å². The van der Waals surface area contributed by atoms with Gasteiger partial charge in [-0.2, -0.15) is 0 Å². The van der Waals surface area contributed by atoms with E-state index in [0.29, 0.717) is 0 Å². The largest absolute Gasteiger partial charge is 0.354 e. The summed E-state index contributed by atoms with van der Waals surface area (Å²) < 4.78 is 0. The number of nitrogens with one attached hydrogen (secondary N) is 2. The SMILES string of the molecule is Cc1cc(C)c(-c2c3nc(c(-c4c(C)cc(C)cc4C)c4ccc([nH]4)c(-c4c(C)cc(C)cc4C)c4ccc([nH]4)c(-c4c(C)cc(C)cc4C)c4nc2C=C4)C=C3)c(C)c1. The maximum absolute atomic E-state index is 5.62. The van der Waals surface area contributed by atoms with E-state index in [-0.39, 0.29) is 0 Å². The number of benzene rings is 4. The van der Waals surface area contributed by atoms with E-state index >= 15 is 0 Å². The summed E-state index contributed by atoms with van der Waals surface area (Å²) in [6.45, 7) is 26.5. The number of aryl methyl sites for hydroxylation is 12. The molecule has 2 aliphatic heterocycles. The third-order valence-corrected chi connectivity index (χ3v) is 12.5. The van der Waals surface area contributed by atoms with Gasteiger partial charge in [-0.1, -0.05) is 70.8 Å². The molecule has 4 heteroatoms. The Labute approximate surface area is 354 Å². The molecule has 0 unspecified atom stereocenters. The van der Waals surface area contributed by atoms with Crippen LogP contribution in [-0.2, 0) is 0 Å². The normalized spacial score (nSPS) is 12.2. The molecule has 4 nitrogen and oxygen atoms in total. The summed E-state index contributed by atoms with van der Waals surface area (Å²) in [5.41, 5.74) is 31.8. The van der Waals surface area contributed by atoms with E-state index in [4.69, 9.17) is 9.97 Å². The molecule has 0 spiro atoms.